The molecular weight excluding hydrogens is 304 g/mol. The number of benzene rings is 2. The Bertz CT molecular complexity index is 807. The van der Waals surface area contributed by atoms with Gasteiger partial charge in [-0.1, -0.05) is 35.9 Å². The van der Waals surface area contributed by atoms with E-state index in [0.29, 0.717) is 17.7 Å². The molecule has 0 radical (unpaired) electrons. The van der Waals surface area contributed by atoms with Crippen LogP contribution in [0.4, 0.5) is 0 Å². The molecule has 3 rings (SSSR count). The first-order valence-electron chi connectivity index (χ1n) is 7.75. The van der Waals surface area contributed by atoms with Gasteiger partial charge in [-0.2, -0.15) is 0 Å². The van der Waals surface area contributed by atoms with Crippen LogP contribution in [0.2, 0.25) is 0 Å². The van der Waals surface area contributed by atoms with Gasteiger partial charge < -0.3 is 5.32 Å². The molecule has 0 saturated heterocycles. The van der Waals surface area contributed by atoms with Crippen LogP contribution in [0.3, 0.4) is 0 Å². The van der Waals surface area contributed by atoms with Gasteiger partial charge in [-0.3, -0.25) is 19.3 Å². The van der Waals surface area contributed by atoms with Crippen LogP contribution in [0.15, 0.2) is 42.5 Å². The van der Waals surface area contributed by atoms with E-state index < -0.39 is 11.8 Å². The molecule has 1 aliphatic rings. The van der Waals surface area contributed by atoms with Gasteiger partial charge in [-0.15, -0.1) is 0 Å². The van der Waals surface area contributed by atoms with Crippen LogP contribution in [0.1, 0.15) is 37.4 Å². The van der Waals surface area contributed by atoms with Crippen molar-refractivity contribution in [1.82, 2.24) is 10.2 Å². The van der Waals surface area contributed by atoms with E-state index in [2.05, 4.69) is 5.32 Å². The number of carbonyl (C=O) groups excluding carboxylic acids is 3. The SMILES string of the molecule is Cc1ccc(C)c(CNC(=O)CN2C(=O)c3ccccc3C2=O)c1. The first kappa shape index (κ1) is 15.9. The minimum Gasteiger partial charge on any atom is -0.350 e. The van der Waals surface area contributed by atoms with Crippen molar-refractivity contribution >= 4 is 17.7 Å². The molecule has 0 fully saturated rings. The lowest BCUT2D eigenvalue weighted by atomic mass is 10.1. The minimum absolute atomic E-state index is 0.267. The minimum atomic E-state index is -0.419. The van der Waals surface area contributed by atoms with Crippen LogP contribution in [-0.4, -0.2) is 29.2 Å². The summed E-state index contributed by atoms with van der Waals surface area (Å²) >= 11 is 0. The summed E-state index contributed by atoms with van der Waals surface area (Å²) in [6.07, 6.45) is 0. The quantitative estimate of drug-likeness (QED) is 0.878. The monoisotopic (exact) mass is 322 g/mol. The predicted molar refractivity (Wildman–Crippen MR) is 89.6 cm³/mol. The number of fused-ring (bicyclic) bond motifs is 1. The van der Waals surface area contributed by atoms with Gasteiger partial charge >= 0.3 is 0 Å². The highest BCUT2D eigenvalue weighted by Gasteiger charge is 2.36. The Balaban J connectivity index is 1.65. The molecule has 0 atom stereocenters. The molecule has 1 N–H and O–H groups in total. The Morgan fingerprint density at radius 1 is 1.00 bits per heavy atom. The lowest BCUT2D eigenvalue weighted by Gasteiger charge is -2.14. The van der Waals surface area contributed by atoms with Crippen LogP contribution < -0.4 is 5.32 Å². The summed E-state index contributed by atoms with van der Waals surface area (Å²) < 4.78 is 0. The molecule has 0 bridgehead atoms. The summed E-state index contributed by atoms with van der Waals surface area (Å²) in [7, 11) is 0. The molecule has 5 nitrogen and oxygen atoms in total. The molecule has 2 aromatic rings. The van der Waals surface area contributed by atoms with Gasteiger partial charge in [0, 0.05) is 6.54 Å². The van der Waals surface area contributed by atoms with E-state index in [1.54, 1.807) is 24.3 Å². The summed E-state index contributed by atoms with van der Waals surface area (Å²) in [5.74, 6) is -1.19. The maximum absolute atomic E-state index is 12.2. The maximum atomic E-state index is 12.2. The highest BCUT2D eigenvalue weighted by Crippen LogP contribution is 2.21. The third-order valence-corrected chi connectivity index (χ3v) is 4.16. The van der Waals surface area contributed by atoms with E-state index in [4.69, 9.17) is 0 Å². The number of imide groups is 1. The lowest BCUT2D eigenvalue weighted by molar-refractivity contribution is -0.121. The zero-order valence-electron chi connectivity index (χ0n) is 13.6. The molecule has 122 valence electrons. The molecule has 5 heteroatoms. The molecule has 24 heavy (non-hydrogen) atoms. The Kier molecular flexibility index (Phi) is 4.16. The number of nitrogens with zero attached hydrogens (tertiary/aromatic N) is 1. The number of hydrogen-bond acceptors (Lipinski definition) is 3. The topological polar surface area (TPSA) is 66.5 Å². The summed E-state index contributed by atoms with van der Waals surface area (Å²) in [6, 6.07) is 12.6. The molecule has 0 spiro atoms. The standard InChI is InChI=1S/C19H18N2O3/c1-12-7-8-13(2)14(9-12)10-20-17(22)11-21-18(23)15-5-3-4-6-16(15)19(21)24/h3-9H,10-11H2,1-2H3,(H,20,22). The summed E-state index contributed by atoms with van der Waals surface area (Å²) in [4.78, 5) is 37.6. The predicted octanol–water partition coefficient (Wildman–Crippen LogP) is 2.22. The van der Waals surface area contributed by atoms with E-state index in [1.807, 2.05) is 32.0 Å². The number of aryl methyl sites for hydroxylation is 2. The molecular formula is C19H18N2O3. The first-order valence-corrected chi connectivity index (χ1v) is 7.75. The molecule has 0 aliphatic carbocycles. The van der Waals surface area contributed by atoms with Crippen molar-refractivity contribution in [3.63, 3.8) is 0 Å². The zero-order valence-corrected chi connectivity index (χ0v) is 13.6. The van der Waals surface area contributed by atoms with E-state index in [9.17, 15) is 14.4 Å². The second kappa shape index (κ2) is 6.28. The van der Waals surface area contributed by atoms with Gasteiger partial charge in [0.15, 0.2) is 0 Å². The third-order valence-electron chi connectivity index (χ3n) is 4.16. The van der Waals surface area contributed by atoms with E-state index >= 15 is 0 Å². The normalized spacial score (nSPS) is 13.2. The molecule has 2 aromatic carbocycles. The average molecular weight is 322 g/mol. The molecule has 3 amide bonds. The van der Waals surface area contributed by atoms with Crippen molar-refractivity contribution in [3.05, 3.63) is 70.3 Å². The Morgan fingerprint density at radius 2 is 1.62 bits per heavy atom. The number of carbonyl (C=O) groups is 3. The van der Waals surface area contributed by atoms with Gasteiger partial charge in [0.05, 0.1) is 11.1 Å². The summed E-state index contributed by atoms with van der Waals surface area (Å²) in [5, 5.41) is 2.78. The fourth-order valence-electron chi connectivity index (χ4n) is 2.77. The maximum Gasteiger partial charge on any atom is 0.262 e. The highest BCUT2D eigenvalue weighted by molar-refractivity contribution is 6.22. The fraction of sp³-hybridized carbons (Fsp3) is 0.211. The van der Waals surface area contributed by atoms with Crippen LogP contribution in [0.25, 0.3) is 0 Å². The molecule has 0 saturated carbocycles. The van der Waals surface area contributed by atoms with Crippen LogP contribution >= 0.6 is 0 Å². The summed E-state index contributed by atoms with van der Waals surface area (Å²) in [6.45, 7) is 4.07. The Morgan fingerprint density at radius 3 is 2.25 bits per heavy atom. The van der Waals surface area contributed by atoms with Gasteiger partial charge in [-0.25, -0.2) is 0 Å². The second-order valence-corrected chi connectivity index (χ2v) is 5.95. The molecule has 1 heterocycles. The van der Waals surface area contributed by atoms with Crippen LogP contribution in [0, 0.1) is 13.8 Å². The van der Waals surface area contributed by atoms with Crippen LogP contribution in [0.5, 0.6) is 0 Å². The third kappa shape index (κ3) is 2.93. The van der Waals surface area contributed by atoms with Gasteiger partial charge in [0.1, 0.15) is 6.54 Å². The van der Waals surface area contributed by atoms with Crippen molar-refractivity contribution < 1.29 is 14.4 Å². The average Bonchev–Trinajstić information content (AvgIpc) is 2.81. The Labute approximate surface area is 140 Å². The molecule has 1 aliphatic heterocycles. The first-order chi connectivity index (χ1) is 11.5. The van der Waals surface area contributed by atoms with Crippen molar-refractivity contribution in [2.24, 2.45) is 0 Å². The molecule has 0 aromatic heterocycles. The Hall–Kier alpha value is -2.95. The van der Waals surface area contributed by atoms with Crippen molar-refractivity contribution in [2.75, 3.05) is 6.54 Å². The second-order valence-electron chi connectivity index (χ2n) is 5.95. The van der Waals surface area contributed by atoms with E-state index in [-0.39, 0.29) is 12.5 Å². The number of rotatable bonds is 4. The number of hydrogen-bond donors (Lipinski definition) is 1. The highest BCUT2D eigenvalue weighted by atomic mass is 16.2. The zero-order chi connectivity index (χ0) is 17.3. The van der Waals surface area contributed by atoms with E-state index in [1.165, 1.54) is 0 Å². The van der Waals surface area contributed by atoms with Crippen molar-refractivity contribution in [3.8, 4) is 0 Å². The summed E-state index contributed by atoms with van der Waals surface area (Å²) in [5.41, 5.74) is 3.92. The van der Waals surface area contributed by atoms with Gasteiger partial charge in [-0.05, 0) is 37.1 Å². The van der Waals surface area contributed by atoms with Gasteiger partial charge in [0.2, 0.25) is 5.91 Å². The smallest absolute Gasteiger partial charge is 0.262 e. The fourth-order valence-corrected chi connectivity index (χ4v) is 2.77. The van der Waals surface area contributed by atoms with Crippen molar-refractivity contribution in [1.29, 1.82) is 0 Å². The number of nitrogens with one attached hydrogen (secondary N) is 1. The molecule has 0 unspecified atom stereocenters. The number of amides is 3. The van der Waals surface area contributed by atoms with Crippen molar-refractivity contribution in [2.45, 2.75) is 20.4 Å². The van der Waals surface area contributed by atoms with E-state index in [0.717, 1.165) is 21.6 Å². The lowest BCUT2D eigenvalue weighted by Crippen LogP contribution is -2.40. The van der Waals surface area contributed by atoms with Gasteiger partial charge in [0.25, 0.3) is 11.8 Å². The largest absolute Gasteiger partial charge is 0.350 e. The van der Waals surface area contributed by atoms with Crippen LogP contribution in [-0.2, 0) is 11.3 Å².